The summed E-state index contributed by atoms with van der Waals surface area (Å²) in [4.78, 5) is 0.846. The molecule has 4 heteroatoms. The van der Waals surface area contributed by atoms with E-state index in [1.807, 2.05) is 44.2 Å². The molecule has 0 aliphatic heterocycles. The van der Waals surface area contributed by atoms with Gasteiger partial charge in [0.1, 0.15) is 0 Å². The van der Waals surface area contributed by atoms with Gasteiger partial charge in [-0.2, -0.15) is 0 Å². The summed E-state index contributed by atoms with van der Waals surface area (Å²) in [6.07, 6.45) is -0.465. The monoisotopic (exact) mass is 304 g/mol. The Hall–Kier alpha value is -0.190. The van der Waals surface area contributed by atoms with E-state index in [4.69, 9.17) is 0 Å². The normalized spacial score (nSPS) is 18.8. The maximum absolute atomic E-state index is 12.0. The minimum atomic E-state index is -1.03. The molecule has 1 aromatic rings. The first kappa shape index (κ1) is 13.9. The molecule has 90 valence electrons. The van der Waals surface area contributed by atoms with Gasteiger partial charge in [0, 0.05) is 15.5 Å². The second-order valence-electron chi connectivity index (χ2n) is 3.97. The summed E-state index contributed by atoms with van der Waals surface area (Å²) in [6.45, 7) is 3.82. The van der Waals surface area contributed by atoms with Crippen LogP contribution in [0.15, 0.2) is 35.2 Å². The van der Waals surface area contributed by atoms with Gasteiger partial charge in [-0.3, -0.25) is 4.21 Å². The average Bonchev–Trinajstić information content (AvgIpc) is 2.28. The molecule has 1 aromatic carbocycles. The average molecular weight is 305 g/mol. The Balaban J connectivity index is 2.59. The van der Waals surface area contributed by atoms with Crippen LogP contribution in [-0.4, -0.2) is 26.0 Å². The summed E-state index contributed by atoms with van der Waals surface area (Å²) in [7, 11) is -1.03. The minimum absolute atomic E-state index is 0.00964. The Labute approximate surface area is 108 Å². The van der Waals surface area contributed by atoms with Crippen LogP contribution in [0.2, 0.25) is 0 Å². The number of hydrogen-bond acceptors (Lipinski definition) is 2. The maximum Gasteiger partial charge on any atom is 0.0696 e. The van der Waals surface area contributed by atoms with Crippen LogP contribution >= 0.6 is 15.9 Å². The summed E-state index contributed by atoms with van der Waals surface area (Å²) in [5.74, 6) is 0.497. The highest BCUT2D eigenvalue weighted by Crippen LogP contribution is 2.17. The smallest absolute Gasteiger partial charge is 0.0696 e. The Morgan fingerprint density at radius 3 is 2.38 bits per heavy atom. The van der Waals surface area contributed by atoms with E-state index >= 15 is 0 Å². The molecule has 1 rings (SSSR count). The van der Waals surface area contributed by atoms with Crippen LogP contribution in [0.4, 0.5) is 0 Å². The van der Waals surface area contributed by atoms with Gasteiger partial charge in [0.05, 0.1) is 16.9 Å². The maximum atomic E-state index is 12.0. The van der Waals surface area contributed by atoms with E-state index < -0.39 is 16.9 Å². The van der Waals surface area contributed by atoms with Crippen LogP contribution in [0.25, 0.3) is 0 Å². The molecule has 0 aromatic heterocycles. The third-order valence-electron chi connectivity index (χ3n) is 2.47. The first-order chi connectivity index (χ1) is 7.52. The molecule has 0 saturated carbocycles. The van der Waals surface area contributed by atoms with Crippen molar-refractivity contribution in [3.8, 4) is 0 Å². The molecule has 0 spiro atoms. The van der Waals surface area contributed by atoms with Crippen LogP contribution in [0, 0.1) is 5.92 Å². The number of rotatable bonds is 5. The molecule has 0 aliphatic carbocycles. The fourth-order valence-corrected chi connectivity index (χ4v) is 3.31. The lowest BCUT2D eigenvalue weighted by molar-refractivity contribution is 0.130. The summed E-state index contributed by atoms with van der Waals surface area (Å²) in [5, 5.41) is 9.81. The molecule has 16 heavy (non-hydrogen) atoms. The molecule has 0 amide bonds. The lowest BCUT2D eigenvalue weighted by atomic mass is 10.1. The highest BCUT2D eigenvalue weighted by atomic mass is 79.9. The lowest BCUT2D eigenvalue weighted by Crippen LogP contribution is -2.29. The van der Waals surface area contributed by atoms with E-state index in [0.29, 0.717) is 5.75 Å². The first-order valence-corrected chi connectivity index (χ1v) is 7.51. The number of benzene rings is 1. The molecule has 0 unspecified atom stereocenters. The standard InChI is InChI=1S/C12H17BrO2S/c1-9(12(14)10(2)13)8-16(15)11-6-4-3-5-7-11/h3-7,9-10,12,14H,8H2,1-2H3/t9-,10-,12+,16+/m1/s1. The largest absolute Gasteiger partial charge is 0.392 e. The van der Waals surface area contributed by atoms with Crippen molar-refractivity contribution in [3.05, 3.63) is 30.3 Å². The van der Waals surface area contributed by atoms with Gasteiger partial charge in [0.2, 0.25) is 0 Å². The number of halogens is 1. The van der Waals surface area contributed by atoms with E-state index in [9.17, 15) is 9.32 Å². The molecule has 0 saturated heterocycles. The fraction of sp³-hybridized carbons (Fsp3) is 0.500. The van der Waals surface area contributed by atoms with Gasteiger partial charge in [-0.25, -0.2) is 0 Å². The quantitative estimate of drug-likeness (QED) is 0.849. The molecule has 2 nitrogen and oxygen atoms in total. The number of hydrogen-bond donors (Lipinski definition) is 1. The van der Waals surface area contributed by atoms with Crippen molar-refractivity contribution in [1.82, 2.24) is 0 Å². The molecule has 0 heterocycles. The van der Waals surface area contributed by atoms with E-state index in [-0.39, 0.29) is 10.7 Å². The van der Waals surface area contributed by atoms with Crippen molar-refractivity contribution in [2.75, 3.05) is 5.75 Å². The van der Waals surface area contributed by atoms with Crippen LogP contribution in [0.5, 0.6) is 0 Å². The summed E-state index contributed by atoms with van der Waals surface area (Å²) in [5.41, 5.74) is 0. The summed E-state index contributed by atoms with van der Waals surface area (Å²) in [6, 6.07) is 9.36. The zero-order valence-electron chi connectivity index (χ0n) is 9.47. The van der Waals surface area contributed by atoms with Crippen molar-refractivity contribution in [3.63, 3.8) is 0 Å². The lowest BCUT2D eigenvalue weighted by Gasteiger charge is -2.20. The fourth-order valence-electron chi connectivity index (χ4n) is 1.46. The molecule has 0 radical (unpaired) electrons. The SMILES string of the molecule is C[C@H](C[S@](=O)c1ccccc1)[C@H](O)[C@@H](C)Br. The number of aliphatic hydroxyl groups is 1. The van der Waals surface area contributed by atoms with Crippen LogP contribution in [0.3, 0.4) is 0 Å². The highest BCUT2D eigenvalue weighted by Gasteiger charge is 2.21. The first-order valence-electron chi connectivity index (χ1n) is 5.28. The minimum Gasteiger partial charge on any atom is -0.392 e. The predicted octanol–water partition coefficient (Wildman–Crippen LogP) is 2.57. The molecule has 0 fully saturated rings. The van der Waals surface area contributed by atoms with Crippen LogP contribution in [-0.2, 0) is 10.8 Å². The zero-order valence-corrected chi connectivity index (χ0v) is 11.9. The molecular weight excluding hydrogens is 288 g/mol. The third-order valence-corrected chi connectivity index (χ3v) is 4.64. The van der Waals surface area contributed by atoms with E-state index in [1.54, 1.807) is 0 Å². The van der Waals surface area contributed by atoms with Crippen molar-refractivity contribution in [1.29, 1.82) is 0 Å². The molecule has 4 atom stereocenters. The topological polar surface area (TPSA) is 37.3 Å². The summed E-state index contributed by atoms with van der Waals surface area (Å²) < 4.78 is 12.0. The predicted molar refractivity (Wildman–Crippen MR) is 71.3 cm³/mol. The van der Waals surface area contributed by atoms with Gasteiger partial charge in [-0.05, 0) is 18.1 Å². The van der Waals surface area contributed by atoms with Crippen molar-refractivity contribution in [2.24, 2.45) is 5.92 Å². The molecular formula is C12H17BrO2S. The Bertz CT molecular complexity index is 340. The van der Waals surface area contributed by atoms with Crippen molar-refractivity contribution >= 4 is 26.7 Å². The van der Waals surface area contributed by atoms with Gasteiger partial charge in [0.25, 0.3) is 0 Å². The van der Waals surface area contributed by atoms with E-state index in [2.05, 4.69) is 15.9 Å². The second-order valence-corrected chi connectivity index (χ2v) is 6.91. The highest BCUT2D eigenvalue weighted by molar-refractivity contribution is 9.09. The van der Waals surface area contributed by atoms with E-state index in [1.165, 1.54) is 0 Å². The Kier molecular flexibility index (Phi) is 5.66. The Morgan fingerprint density at radius 1 is 1.31 bits per heavy atom. The zero-order chi connectivity index (χ0) is 12.1. The van der Waals surface area contributed by atoms with Crippen molar-refractivity contribution in [2.45, 2.75) is 29.7 Å². The van der Waals surface area contributed by atoms with Gasteiger partial charge >= 0.3 is 0 Å². The van der Waals surface area contributed by atoms with Crippen LogP contribution < -0.4 is 0 Å². The van der Waals surface area contributed by atoms with Crippen molar-refractivity contribution < 1.29 is 9.32 Å². The second kappa shape index (κ2) is 6.52. The van der Waals surface area contributed by atoms with Gasteiger partial charge in [-0.1, -0.05) is 48.0 Å². The van der Waals surface area contributed by atoms with Gasteiger partial charge in [0.15, 0.2) is 0 Å². The van der Waals surface area contributed by atoms with E-state index in [0.717, 1.165) is 4.90 Å². The molecule has 0 bridgehead atoms. The number of aliphatic hydroxyl groups excluding tert-OH is 1. The van der Waals surface area contributed by atoms with Crippen LogP contribution in [0.1, 0.15) is 13.8 Å². The number of alkyl halides is 1. The third kappa shape index (κ3) is 4.00. The molecule has 0 aliphatic rings. The summed E-state index contributed by atoms with van der Waals surface area (Å²) >= 11 is 3.34. The van der Waals surface area contributed by atoms with Gasteiger partial charge in [-0.15, -0.1) is 0 Å². The molecule has 1 N–H and O–H groups in total. The Morgan fingerprint density at radius 2 is 1.88 bits per heavy atom. The van der Waals surface area contributed by atoms with Gasteiger partial charge < -0.3 is 5.11 Å².